The maximum Gasteiger partial charge on any atom is 0.290 e. The summed E-state index contributed by atoms with van der Waals surface area (Å²) in [6.45, 7) is 5.50. The van der Waals surface area contributed by atoms with E-state index in [0.29, 0.717) is 13.2 Å². The van der Waals surface area contributed by atoms with Crippen LogP contribution in [0.25, 0.3) is 0 Å². The molecule has 6 heteroatoms. The summed E-state index contributed by atoms with van der Waals surface area (Å²) < 4.78 is 5.46. The molecule has 1 aromatic rings. The number of amides is 1. The molecule has 0 aromatic heterocycles. The lowest BCUT2D eigenvalue weighted by molar-refractivity contribution is -0.129. The van der Waals surface area contributed by atoms with Gasteiger partial charge in [-0.3, -0.25) is 9.59 Å². The predicted molar refractivity (Wildman–Crippen MR) is 100 cm³/mol. The van der Waals surface area contributed by atoms with Gasteiger partial charge < -0.3 is 19.6 Å². The van der Waals surface area contributed by atoms with E-state index in [9.17, 15) is 14.7 Å². The van der Waals surface area contributed by atoms with Crippen LogP contribution in [0.15, 0.2) is 35.6 Å². The van der Waals surface area contributed by atoms with Gasteiger partial charge in [0.05, 0.1) is 18.2 Å². The van der Waals surface area contributed by atoms with Crippen LogP contribution in [0, 0.1) is 0 Å². The van der Waals surface area contributed by atoms with E-state index in [1.54, 1.807) is 11.8 Å². The van der Waals surface area contributed by atoms with Gasteiger partial charge in [-0.05, 0) is 51.7 Å². The lowest BCUT2D eigenvalue weighted by atomic mass is 9.95. The van der Waals surface area contributed by atoms with Crippen molar-refractivity contribution in [2.75, 3.05) is 33.8 Å². The molecule has 6 nitrogen and oxygen atoms in total. The minimum absolute atomic E-state index is 0.200. The first-order chi connectivity index (χ1) is 12.4. The van der Waals surface area contributed by atoms with E-state index in [0.717, 1.165) is 24.3 Å². The van der Waals surface area contributed by atoms with Gasteiger partial charge >= 0.3 is 0 Å². The lowest BCUT2D eigenvalue weighted by Gasteiger charge is -2.27. The summed E-state index contributed by atoms with van der Waals surface area (Å²) in [7, 11) is 3.94. The number of rotatable bonds is 9. The van der Waals surface area contributed by atoms with E-state index in [2.05, 4.69) is 0 Å². The molecule has 0 saturated carbocycles. The van der Waals surface area contributed by atoms with Crippen molar-refractivity contribution in [1.82, 2.24) is 9.80 Å². The number of benzene rings is 1. The largest absolute Gasteiger partial charge is 0.503 e. The van der Waals surface area contributed by atoms with Gasteiger partial charge in [0.2, 0.25) is 0 Å². The number of carbonyl (C=O) groups excluding carboxylic acids is 2. The third-order valence-electron chi connectivity index (χ3n) is 4.44. The highest BCUT2D eigenvalue weighted by Crippen LogP contribution is 2.38. The van der Waals surface area contributed by atoms with Crippen LogP contribution in [-0.2, 0) is 9.59 Å². The van der Waals surface area contributed by atoms with Gasteiger partial charge in [0.15, 0.2) is 11.5 Å². The Kier molecular flexibility index (Phi) is 6.80. The van der Waals surface area contributed by atoms with Gasteiger partial charge in [0.25, 0.3) is 5.91 Å². The van der Waals surface area contributed by atoms with E-state index in [1.165, 1.54) is 0 Å². The van der Waals surface area contributed by atoms with Crippen molar-refractivity contribution in [2.45, 2.75) is 32.7 Å². The van der Waals surface area contributed by atoms with Crippen LogP contribution in [0.2, 0.25) is 0 Å². The molecule has 1 aliphatic rings. The molecule has 1 atom stereocenters. The fraction of sp³-hybridized carbons (Fsp3) is 0.500. The molecular formula is C20H28N2O4. The number of hydrogen-bond donors (Lipinski definition) is 1. The molecule has 1 aromatic carbocycles. The van der Waals surface area contributed by atoms with Gasteiger partial charge in [-0.1, -0.05) is 19.1 Å². The number of carbonyl (C=O) groups is 2. The molecule has 0 fully saturated rings. The Morgan fingerprint density at radius 3 is 2.42 bits per heavy atom. The van der Waals surface area contributed by atoms with Gasteiger partial charge in [0.1, 0.15) is 5.75 Å². The van der Waals surface area contributed by atoms with Crippen molar-refractivity contribution < 1.29 is 19.4 Å². The quantitative estimate of drug-likeness (QED) is 0.733. The van der Waals surface area contributed by atoms with E-state index in [1.807, 2.05) is 50.2 Å². The van der Waals surface area contributed by atoms with Crippen LogP contribution in [0.4, 0.5) is 0 Å². The van der Waals surface area contributed by atoms with E-state index < -0.39 is 17.7 Å². The van der Waals surface area contributed by atoms with Crippen LogP contribution in [-0.4, -0.2) is 60.4 Å². The average molecular weight is 360 g/mol. The van der Waals surface area contributed by atoms with Crippen molar-refractivity contribution in [3.05, 3.63) is 41.2 Å². The molecule has 1 unspecified atom stereocenters. The Balaban J connectivity index is 2.35. The normalized spacial score (nSPS) is 17.3. The number of aliphatic hydroxyl groups excluding tert-OH is 1. The van der Waals surface area contributed by atoms with Gasteiger partial charge in [-0.2, -0.15) is 0 Å². The summed E-state index contributed by atoms with van der Waals surface area (Å²) in [4.78, 5) is 28.6. The summed E-state index contributed by atoms with van der Waals surface area (Å²) in [5.74, 6) is -0.360. The average Bonchev–Trinajstić information content (AvgIpc) is 2.87. The first-order valence-corrected chi connectivity index (χ1v) is 9.05. The lowest BCUT2D eigenvalue weighted by Crippen LogP contribution is -2.33. The van der Waals surface area contributed by atoms with Gasteiger partial charge in [-0.25, -0.2) is 0 Å². The van der Waals surface area contributed by atoms with Crippen molar-refractivity contribution in [2.24, 2.45) is 0 Å². The van der Waals surface area contributed by atoms with Crippen LogP contribution in [0.1, 0.15) is 38.3 Å². The van der Waals surface area contributed by atoms with Crippen molar-refractivity contribution in [1.29, 1.82) is 0 Å². The molecule has 0 spiro atoms. The van der Waals surface area contributed by atoms with E-state index >= 15 is 0 Å². The summed E-state index contributed by atoms with van der Waals surface area (Å²) in [5, 5.41) is 10.3. The second kappa shape index (κ2) is 8.85. The first-order valence-electron chi connectivity index (χ1n) is 9.05. The summed E-state index contributed by atoms with van der Waals surface area (Å²) >= 11 is 0. The standard InChI is InChI=1S/C20H28N2O4/c1-5-16(23)17-18(14-8-10-15(11-9-14)26-6-2)22(20(25)19(17)24)13-7-12-21(3)4/h8-11,18,24H,5-7,12-13H2,1-4H3. The maximum absolute atomic E-state index is 12.6. The smallest absolute Gasteiger partial charge is 0.290 e. The first kappa shape index (κ1) is 20.0. The van der Waals surface area contributed by atoms with E-state index in [-0.39, 0.29) is 17.8 Å². The summed E-state index contributed by atoms with van der Waals surface area (Å²) in [6.07, 6.45) is 0.999. The third-order valence-corrected chi connectivity index (χ3v) is 4.44. The molecule has 1 heterocycles. The highest BCUT2D eigenvalue weighted by Gasteiger charge is 2.42. The van der Waals surface area contributed by atoms with Crippen LogP contribution in [0.3, 0.4) is 0 Å². The fourth-order valence-corrected chi connectivity index (χ4v) is 3.18. The molecule has 0 bridgehead atoms. The van der Waals surface area contributed by atoms with Crippen LogP contribution in [0.5, 0.6) is 5.75 Å². The number of aliphatic hydroxyl groups is 1. The minimum Gasteiger partial charge on any atom is -0.503 e. The topological polar surface area (TPSA) is 70.1 Å². The molecule has 142 valence electrons. The number of nitrogens with zero attached hydrogens (tertiary/aromatic N) is 2. The molecule has 0 aliphatic carbocycles. The Morgan fingerprint density at radius 1 is 1.23 bits per heavy atom. The Bertz CT molecular complexity index is 680. The Labute approximate surface area is 155 Å². The predicted octanol–water partition coefficient (Wildman–Crippen LogP) is 2.71. The second-order valence-electron chi connectivity index (χ2n) is 6.60. The molecule has 1 aliphatic heterocycles. The number of hydrogen-bond acceptors (Lipinski definition) is 5. The fourth-order valence-electron chi connectivity index (χ4n) is 3.18. The van der Waals surface area contributed by atoms with E-state index in [4.69, 9.17) is 4.74 Å². The minimum atomic E-state index is -0.548. The van der Waals surface area contributed by atoms with Crippen molar-refractivity contribution in [3.63, 3.8) is 0 Å². The molecular weight excluding hydrogens is 332 g/mol. The number of Topliss-reactive ketones (excluding diaryl/α,β-unsaturated/α-hetero) is 1. The number of ether oxygens (including phenoxy) is 1. The Morgan fingerprint density at radius 2 is 1.88 bits per heavy atom. The zero-order chi connectivity index (χ0) is 19.3. The number of ketones is 1. The highest BCUT2D eigenvalue weighted by atomic mass is 16.5. The molecule has 0 saturated heterocycles. The zero-order valence-electron chi connectivity index (χ0n) is 16.0. The second-order valence-corrected chi connectivity index (χ2v) is 6.60. The third kappa shape index (κ3) is 4.25. The van der Waals surface area contributed by atoms with Crippen LogP contribution < -0.4 is 4.74 Å². The molecule has 26 heavy (non-hydrogen) atoms. The van der Waals surface area contributed by atoms with Gasteiger partial charge in [0, 0.05) is 13.0 Å². The molecule has 0 radical (unpaired) electrons. The SMILES string of the molecule is CCOc1ccc(C2C(C(=O)CC)=C(O)C(=O)N2CCCN(C)C)cc1. The van der Waals surface area contributed by atoms with Crippen molar-refractivity contribution >= 4 is 11.7 Å². The monoisotopic (exact) mass is 360 g/mol. The summed E-state index contributed by atoms with van der Waals surface area (Å²) in [6, 6.07) is 6.80. The zero-order valence-corrected chi connectivity index (χ0v) is 16.0. The van der Waals surface area contributed by atoms with Gasteiger partial charge in [-0.15, -0.1) is 0 Å². The molecule has 2 rings (SSSR count). The molecule has 1 amide bonds. The van der Waals surface area contributed by atoms with Crippen molar-refractivity contribution in [3.8, 4) is 5.75 Å². The Hall–Kier alpha value is -2.34. The summed E-state index contributed by atoms with van der Waals surface area (Å²) in [5.41, 5.74) is 0.999. The maximum atomic E-state index is 12.6. The molecule has 1 N–H and O–H groups in total. The van der Waals surface area contributed by atoms with Crippen LogP contribution >= 0.6 is 0 Å². The highest BCUT2D eigenvalue weighted by molar-refractivity contribution is 6.08.